The second-order valence-corrected chi connectivity index (χ2v) is 4.13. The average Bonchev–Trinajstić information content (AvgIpc) is 2.35. The second kappa shape index (κ2) is 5.15. The molecule has 0 bridgehead atoms. The van der Waals surface area contributed by atoms with Crippen LogP contribution in [0.4, 0.5) is 11.5 Å². The topological polar surface area (TPSA) is 29.0 Å². The molecule has 0 radical (unpaired) electrons. The molecule has 2 aromatic rings. The van der Waals surface area contributed by atoms with Crippen molar-refractivity contribution < 1.29 is 0 Å². The number of rotatable bonds is 3. The van der Waals surface area contributed by atoms with Gasteiger partial charge in [0.15, 0.2) is 11.0 Å². The summed E-state index contributed by atoms with van der Waals surface area (Å²) in [4.78, 5) is 2.11. The van der Waals surface area contributed by atoms with Gasteiger partial charge in [-0.05, 0) is 37.6 Å². The Balaban J connectivity index is 2.40. The minimum Gasteiger partial charge on any atom is -0.325 e. The van der Waals surface area contributed by atoms with E-state index in [-0.39, 0.29) is 0 Å². The number of hydrogen-bond acceptors (Lipinski definition) is 3. The molecule has 0 unspecified atom stereocenters. The summed E-state index contributed by atoms with van der Waals surface area (Å²) in [5, 5.41) is 8.40. The third-order valence-electron chi connectivity index (χ3n) is 2.62. The van der Waals surface area contributed by atoms with Gasteiger partial charge in [-0.3, -0.25) is 0 Å². The van der Waals surface area contributed by atoms with E-state index in [0.29, 0.717) is 5.15 Å². The van der Waals surface area contributed by atoms with Crippen LogP contribution in [0.25, 0.3) is 0 Å². The Hall–Kier alpha value is -1.61. The molecule has 0 saturated heterocycles. The van der Waals surface area contributed by atoms with Gasteiger partial charge in [-0.15, -0.1) is 10.2 Å². The third-order valence-corrected chi connectivity index (χ3v) is 2.82. The molecule has 88 valence electrons. The Morgan fingerprint density at radius 1 is 1.12 bits per heavy atom. The van der Waals surface area contributed by atoms with Crippen molar-refractivity contribution in [3.63, 3.8) is 0 Å². The van der Waals surface area contributed by atoms with Gasteiger partial charge >= 0.3 is 0 Å². The van der Waals surface area contributed by atoms with Crippen LogP contribution >= 0.6 is 11.6 Å². The van der Waals surface area contributed by atoms with Gasteiger partial charge in [-0.25, -0.2) is 0 Å². The predicted octanol–water partition coefficient (Wildman–Crippen LogP) is 3.60. The first kappa shape index (κ1) is 11.9. The molecule has 0 atom stereocenters. The summed E-state index contributed by atoms with van der Waals surface area (Å²) in [5.74, 6) is 0.811. The molecule has 2 rings (SSSR count). The summed E-state index contributed by atoms with van der Waals surface area (Å²) in [7, 11) is 0. The Kier molecular flexibility index (Phi) is 3.59. The standard InChI is InChI=1S/C13H14ClN3/c1-3-17(11-7-5-4-6-10(11)2)13-9-8-12(14)15-16-13/h4-9H,3H2,1-2H3. The van der Waals surface area contributed by atoms with Gasteiger partial charge in [0.05, 0.1) is 0 Å². The number of aromatic nitrogens is 2. The molecule has 1 aromatic heterocycles. The number of anilines is 2. The summed E-state index contributed by atoms with van der Waals surface area (Å²) in [6.07, 6.45) is 0. The van der Waals surface area contributed by atoms with E-state index in [1.165, 1.54) is 5.56 Å². The highest BCUT2D eigenvalue weighted by Gasteiger charge is 2.10. The molecule has 1 aromatic carbocycles. The van der Waals surface area contributed by atoms with Crippen LogP contribution in [0.2, 0.25) is 5.15 Å². The lowest BCUT2D eigenvalue weighted by molar-refractivity contribution is 0.928. The highest BCUT2D eigenvalue weighted by Crippen LogP contribution is 2.26. The van der Waals surface area contributed by atoms with E-state index in [1.807, 2.05) is 18.2 Å². The molecule has 0 saturated carbocycles. The molecule has 17 heavy (non-hydrogen) atoms. The van der Waals surface area contributed by atoms with Crippen LogP contribution in [-0.2, 0) is 0 Å². The van der Waals surface area contributed by atoms with Crippen LogP contribution in [0.5, 0.6) is 0 Å². The maximum absolute atomic E-state index is 5.74. The molecular formula is C13H14ClN3. The minimum absolute atomic E-state index is 0.412. The summed E-state index contributed by atoms with van der Waals surface area (Å²) < 4.78 is 0. The molecule has 3 nitrogen and oxygen atoms in total. The Morgan fingerprint density at radius 3 is 2.47 bits per heavy atom. The van der Waals surface area contributed by atoms with Gasteiger partial charge < -0.3 is 4.90 Å². The molecule has 0 amide bonds. The Morgan fingerprint density at radius 2 is 1.88 bits per heavy atom. The van der Waals surface area contributed by atoms with Crippen molar-refractivity contribution >= 4 is 23.1 Å². The zero-order valence-electron chi connectivity index (χ0n) is 9.89. The fourth-order valence-electron chi connectivity index (χ4n) is 1.77. The number of nitrogens with zero attached hydrogens (tertiary/aromatic N) is 3. The molecule has 4 heteroatoms. The first-order valence-corrected chi connectivity index (χ1v) is 5.92. The monoisotopic (exact) mass is 247 g/mol. The second-order valence-electron chi connectivity index (χ2n) is 3.75. The van der Waals surface area contributed by atoms with Crippen LogP contribution in [0.3, 0.4) is 0 Å². The molecule has 0 spiro atoms. The molecule has 0 aliphatic carbocycles. The average molecular weight is 248 g/mol. The van der Waals surface area contributed by atoms with E-state index in [2.05, 4.69) is 41.1 Å². The van der Waals surface area contributed by atoms with Crippen molar-refractivity contribution in [2.45, 2.75) is 13.8 Å². The van der Waals surface area contributed by atoms with Crippen LogP contribution in [0.15, 0.2) is 36.4 Å². The number of hydrogen-bond donors (Lipinski definition) is 0. The van der Waals surface area contributed by atoms with Crippen LogP contribution < -0.4 is 4.90 Å². The lowest BCUT2D eigenvalue weighted by Gasteiger charge is -2.23. The van der Waals surface area contributed by atoms with E-state index < -0.39 is 0 Å². The van der Waals surface area contributed by atoms with Crippen molar-refractivity contribution in [2.75, 3.05) is 11.4 Å². The molecular weight excluding hydrogens is 234 g/mol. The van der Waals surface area contributed by atoms with Gasteiger partial charge in [-0.2, -0.15) is 0 Å². The fraction of sp³-hybridized carbons (Fsp3) is 0.231. The van der Waals surface area contributed by atoms with E-state index in [4.69, 9.17) is 11.6 Å². The minimum atomic E-state index is 0.412. The van der Waals surface area contributed by atoms with Crippen molar-refractivity contribution in [3.05, 3.63) is 47.1 Å². The fourth-order valence-corrected chi connectivity index (χ4v) is 1.88. The smallest absolute Gasteiger partial charge is 0.155 e. The van der Waals surface area contributed by atoms with Gasteiger partial charge in [0.2, 0.25) is 0 Å². The number of aryl methyl sites for hydroxylation is 1. The SMILES string of the molecule is CCN(c1ccc(Cl)nn1)c1ccccc1C. The van der Waals surface area contributed by atoms with Crippen molar-refractivity contribution in [2.24, 2.45) is 0 Å². The first-order chi connectivity index (χ1) is 8.22. The Bertz CT molecular complexity index is 496. The lowest BCUT2D eigenvalue weighted by atomic mass is 10.2. The quantitative estimate of drug-likeness (QED) is 0.830. The summed E-state index contributed by atoms with van der Waals surface area (Å²) in [5.41, 5.74) is 2.36. The molecule has 0 fully saturated rings. The van der Waals surface area contributed by atoms with Crippen molar-refractivity contribution in [1.82, 2.24) is 10.2 Å². The van der Waals surface area contributed by atoms with E-state index >= 15 is 0 Å². The summed E-state index contributed by atoms with van der Waals surface area (Å²) in [6.45, 7) is 5.01. The van der Waals surface area contributed by atoms with Gasteiger partial charge in [0.25, 0.3) is 0 Å². The molecule has 0 aliphatic heterocycles. The largest absolute Gasteiger partial charge is 0.325 e. The van der Waals surface area contributed by atoms with E-state index in [0.717, 1.165) is 18.1 Å². The maximum atomic E-state index is 5.74. The van der Waals surface area contributed by atoms with Gasteiger partial charge in [-0.1, -0.05) is 29.8 Å². The Labute approximate surface area is 106 Å². The van der Waals surface area contributed by atoms with Gasteiger partial charge in [0.1, 0.15) is 0 Å². The van der Waals surface area contributed by atoms with Crippen LogP contribution in [0.1, 0.15) is 12.5 Å². The highest BCUT2D eigenvalue weighted by atomic mass is 35.5. The molecule has 0 N–H and O–H groups in total. The van der Waals surface area contributed by atoms with Crippen LogP contribution in [-0.4, -0.2) is 16.7 Å². The third kappa shape index (κ3) is 2.56. The van der Waals surface area contributed by atoms with Crippen LogP contribution in [0, 0.1) is 6.92 Å². The highest BCUT2D eigenvalue weighted by molar-refractivity contribution is 6.29. The number of para-hydroxylation sites is 1. The summed E-state index contributed by atoms with van der Waals surface area (Å²) >= 11 is 5.74. The normalized spacial score (nSPS) is 10.3. The maximum Gasteiger partial charge on any atom is 0.155 e. The zero-order chi connectivity index (χ0) is 12.3. The van der Waals surface area contributed by atoms with E-state index in [9.17, 15) is 0 Å². The predicted molar refractivity (Wildman–Crippen MR) is 70.9 cm³/mol. The zero-order valence-corrected chi connectivity index (χ0v) is 10.6. The molecule has 0 aliphatic rings. The summed E-state index contributed by atoms with van der Waals surface area (Å²) in [6, 6.07) is 11.8. The van der Waals surface area contributed by atoms with Crippen molar-refractivity contribution in [3.8, 4) is 0 Å². The van der Waals surface area contributed by atoms with Gasteiger partial charge in [0, 0.05) is 12.2 Å². The number of halogens is 1. The number of benzene rings is 1. The van der Waals surface area contributed by atoms with E-state index in [1.54, 1.807) is 6.07 Å². The first-order valence-electron chi connectivity index (χ1n) is 5.54. The molecule has 1 heterocycles. The lowest BCUT2D eigenvalue weighted by Crippen LogP contribution is -2.18. The van der Waals surface area contributed by atoms with Crippen molar-refractivity contribution in [1.29, 1.82) is 0 Å².